The summed E-state index contributed by atoms with van der Waals surface area (Å²) in [6, 6.07) is 7.62. The second kappa shape index (κ2) is 5.45. The summed E-state index contributed by atoms with van der Waals surface area (Å²) in [5, 5.41) is 7.20. The summed E-state index contributed by atoms with van der Waals surface area (Å²) in [5.41, 5.74) is 8.13. The van der Waals surface area contributed by atoms with Crippen molar-refractivity contribution in [1.29, 1.82) is 5.41 Å². The first-order valence-corrected chi connectivity index (χ1v) is 6.04. The summed E-state index contributed by atoms with van der Waals surface area (Å²) < 4.78 is 5.60. The van der Waals surface area contributed by atoms with Gasteiger partial charge in [0.2, 0.25) is 0 Å². The number of benzene rings is 1. The summed E-state index contributed by atoms with van der Waals surface area (Å²) in [7, 11) is 0. The molecule has 0 aliphatic heterocycles. The van der Waals surface area contributed by atoms with Gasteiger partial charge in [0.25, 0.3) is 0 Å². The van der Waals surface area contributed by atoms with Crippen molar-refractivity contribution in [3.8, 4) is 5.75 Å². The van der Waals surface area contributed by atoms with Gasteiger partial charge in [-0.15, -0.1) is 11.3 Å². The molecule has 0 radical (unpaired) electrons. The van der Waals surface area contributed by atoms with Gasteiger partial charge in [-0.2, -0.15) is 0 Å². The number of amidine groups is 1. The fraction of sp³-hybridized carbons (Fsp3) is 0.167. The number of nitrogens with zero attached hydrogens (tertiary/aromatic N) is 1. The highest BCUT2D eigenvalue weighted by atomic mass is 32.1. The third-order valence-corrected chi connectivity index (χ3v) is 2.94. The smallest absolute Gasteiger partial charge is 0.124 e. The van der Waals surface area contributed by atoms with Gasteiger partial charge in [-0.1, -0.05) is 12.1 Å². The normalized spacial score (nSPS) is 10.1. The molecule has 1 aromatic heterocycles. The molecule has 0 aliphatic rings. The molecule has 3 N–H and O–H groups in total. The van der Waals surface area contributed by atoms with Gasteiger partial charge in [0.1, 0.15) is 12.4 Å². The van der Waals surface area contributed by atoms with E-state index in [1.54, 1.807) is 23.0 Å². The van der Waals surface area contributed by atoms with E-state index in [9.17, 15) is 0 Å². The third-order valence-electron chi connectivity index (χ3n) is 2.18. The molecule has 0 bridgehead atoms. The number of rotatable bonds is 5. The van der Waals surface area contributed by atoms with Crippen molar-refractivity contribution in [2.45, 2.75) is 13.0 Å². The summed E-state index contributed by atoms with van der Waals surface area (Å²) in [4.78, 5) is 5.08. The Morgan fingerprint density at radius 2 is 2.12 bits per heavy atom. The van der Waals surface area contributed by atoms with Gasteiger partial charge >= 0.3 is 0 Å². The van der Waals surface area contributed by atoms with Gasteiger partial charge in [0.15, 0.2) is 0 Å². The Labute approximate surface area is 104 Å². The number of nitrogens with two attached hydrogens (primary N) is 1. The Balaban J connectivity index is 1.91. The van der Waals surface area contributed by atoms with Gasteiger partial charge in [0.05, 0.1) is 16.2 Å². The van der Waals surface area contributed by atoms with Crippen LogP contribution < -0.4 is 10.5 Å². The average Bonchev–Trinajstić information content (AvgIpc) is 2.80. The zero-order valence-corrected chi connectivity index (χ0v) is 10.0. The van der Waals surface area contributed by atoms with Crippen molar-refractivity contribution in [2.24, 2.45) is 5.73 Å². The van der Waals surface area contributed by atoms with Crippen LogP contribution in [0.4, 0.5) is 0 Å². The molecule has 1 heterocycles. The number of hydrogen-bond donors (Lipinski definition) is 2. The lowest BCUT2D eigenvalue weighted by atomic mass is 10.1. The minimum absolute atomic E-state index is 0.170. The van der Waals surface area contributed by atoms with E-state index in [1.165, 1.54) is 0 Å². The first kappa shape index (κ1) is 11.6. The van der Waals surface area contributed by atoms with Crippen LogP contribution in [-0.4, -0.2) is 10.8 Å². The molecule has 0 saturated heterocycles. The molecule has 2 rings (SSSR count). The van der Waals surface area contributed by atoms with Crippen molar-refractivity contribution >= 4 is 17.2 Å². The van der Waals surface area contributed by atoms with E-state index in [0.29, 0.717) is 13.0 Å². The topological polar surface area (TPSA) is 72.0 Å². The molecule has 2 aromatic rings. The lowest BCUT2D eigenvalue weighted by Crippen LogP contribution is -2.12. The second-order valence-corrected chi connectivity index (χ2v) is 4.57. The third kappa shape index (κ3) is 3.57. The summed E-state index contributed by atoms with van der Waals surface area (Å²) in [6.07, 6.45) is 2.28. The van der Waals surface area contributed by atoms with E-state index in [2.05, 4.69) is 4.98 Å². The first-order chi connectivity index (χ1) is 8.24. The van der Waals surface area contributed by atoms with Crippen LogP contribution in [0.25, 0.3) is 0 Å². The summed E-state index contributed by atoms with van der Waals surface area (Å²) in [5.74, 6) is 0.981. The van der Waals surface area contributed by atoms with Crippen LogP contribution in [0, 0.1) is 5.41 Å². The SMILES string of the molecule is N=C(N)Cc1ccc(OCc2cncs2)cc1. The Bertz CT molecular complexity index is 479. The molecule has 0 aliphatic carbocycles. The minimum Gasteiger partial charge on any atom is -0.488 e. The standard InChI is InChI=1S/C12H13N3OS/c13-12(14)5-9-1-3-10(4-2-9)16-7-11-6-15-8-17-11/h1-4,6,8H,5,7H2,(H3,13,14). The maximum Gasteiger partial charge on any atom is 0.124 e. The number of nitrogens with one attached hydrogen (secondary N) is 1. The molecular formula is C12H13N3OS. The van der Waals surface area contributed by atoms with Crippen molar-refractivity contribution in [3.63, 3.8) is 0 Å². The maximum absolute atomic E-state index is 7.20. The van der Waals surface area contributed by atoms with Gasteiger partial charge in [-0.05, 0) is 17.7 Å². The molecule has 0 spiro atoms. The van der Waals surface area contributed by atoms with Gasteiger partial charge < -0.3 is 10.5 Å². The molecular weight excluding hydrogens is 234 g/mol. The van der Waals surface area contributed by atoms with E-state index in [0.717, 1.165) is 16.2 Å². The van der Waals surface area contributed by atoms with Crippen molar-refractivity contribution in [3.05, 3.63) is 46.4 Å². The molecule has 0 unspecified atom stereocenters. The zero-order chi connectivity index (χ0) is 12.1. The fourth-order valence-electron chi connectivity index (χ4n) is 1.39. The predicted octanol–water partition coefficient (Wildman–Crippen LogP) is 2.20. The Morgan fingerprint density at radius 1 is 1.35 bits per heavy atom. The van der Waals surface area contributed by atoms with Crippen molar-refractivity contribution < 1.29 is 4.74 Å². The zero-order valence-electron chi connectivity index (χ0n) is 9.22. The minimum atomic E-state index is 0.170. The van der Waals surface area contributed by atoms with Crippen LogP contribution >= 0.6 is 11.3 Å². The van der Waals surface area contributed by atoms with Crippen LogP contribution in [0.2, 0.25) is 0 Å². The van der Waals surface area contributed by atoms with Gasteiger partial charge in [0, 0.05) is 12.6 Å². The van der Waals surface area contributed by atoms with Crippen molar-refractivity contribution in [2.75, 3.05) is 0 Å². The Kier molecular flexibility index (Phi) is 3.72. The number of ether oxygens (including phenoxy) is 1. The lowest BCUT2D eigenvalue weighted by molar-refractivity contribution is 0.309. The van der Waals surface area contributed by atoms with E-state index in [-0.39, 0.29) is 5.84 Å². The Morgan fingerprint density at radius 3 is 2.71 bits per heavy atom. The molecule has 5 heteroatoms. The summed E-state index contributed by atoms with van der Waals surface area (Å²) >= 11 is 1.57. The van der Waals surface area contributed by atoms with Crippen LogP contribution in [0.3, 0.4) is 0 Å². The average molecular weight is 247 g/mol. The predicted molar refractivity (Wildman–Crippen MR) is 68.5 cm³/mol. The molecule has 0 amide bonds. The molecule has 0 saturated carbocycles. The highest BCUT2D eigenvalue weighted by Gasteiger charge is 1.99. The summed E-state index contributed by atoms with van der Waals surface area (Å²) in [6.45, 7) is 0.538. The number of hydrogen-bond acceptors (Lipinski definition) is 4. The molecule has 0 atom stereocenters. The largest absolute Gasteiger partial charge is 0.488 e. The van der Waals surface area contributed by atoms with Crippen LogP contribution in [0.1, 0.15) is 10.4 Å². The van der Waals surface area contributed by atoms with Crippen LogP contribution in [0.15, 0.2) is 36.0 Å². The van der Waals surface area contributed by atoms with E-state index >= 15 is 0 Å². The van der Waals surface area contributed by atoms with Crippen molar-refractivity contribution in [1.82, 2.24) is 4.98 Å². The van der Waals surface area contributed by atoms with E-state index in [1.807, 2.05) is 24.3 Å². The maximum atomic E-state index is 7.20. The highest BCUT2D eigenvalue weighted by Crippen LogP contribution is 2.15. The highest BCUT2D eigenvalue weighted by molar-refractivity contribution is 7.09. The lowest BCUT2D eigenvalue weighted by Gasteiger charge is -2.05. The fourth-order valence-corrected chi connectivity index (χ4v) is 1.90. The van der Waals surface area contributed by atoms with Gasteiger partial charge in [-0.3, -0.25) is 10.4 Å². The van der Waals surface area contributed by atoms with Gasteiger partial charge in [-0.25, -0.2) is 0 Å². The first-order valence-electron chi connectivity index (χ1n) is 5.16. The number of thiazole rings is 1. The van der Waals surface area contributed by atoms with E-state index < -0.39 is 0 Å². The molecule has 88 valence electrons. The Hall–Kier alpha value is -1.88. The van der Waals surface area contributed by atoms with Crippen LogP contribution in [-0.2, 0) is 13.0 Å². The molecule has 0 fully saturated rings. The molecule has 4 nitrogen and oxygen atoms in total. The monoisotopic (exact) mass is 247 g/mol. The van der Waals surface area contributed by atoms with Crippen LogP contribution in [0.5, 0.6) is 5.75 Å². The molecule has 17 heavy (non-hydrogen) atoms. The van der Waals surface area contributed by atoms with E-state index in [4.69, 9.17) is 15.9 Å². The second-order valence-electron chi connectivity index (χ2n) is 3.60. The molecule has 1 aromatic carbocycles. The quantitative estimate of drug-likeness (QED) is 0.628. The number of aromatic nitrogens is 1.